The lowest BCUT2D eigenvalue weighted by molar-refractivity contribution is -0.136. The fraction of sp³-hybridized carbons (Fsp3) is 0.929. The van der Waals surface area contributed by atoms with Crippen molar-refractivity contribution in [2.24, 2.45) is 11.7 Å². The quantitative estimate of drug-likeness (QED) is 0.670. The predicted molar refractivity (Wildman–Crippen MR) is 74.1 cm³/mol. The minimum Gasteiger partial charge on any atom is -0.481 e. The van der Waals surface area contributed by atoms with Crippen molar-refractivity contribution in [2.75, 3.05) is 0 Å². The molecule has 0 aliphatic rings. The van der Waals surface area contributed by atoms with Crippen molar-refractivity contribution in [1.29, 1.82) is 0 Å². The van der Waals surface area contributed by atoms with Crippen molar-refractivity contribution < 1.29 is 9.90 Å². The van der Waals surface area contributed by atoms with Crippen LogP contribution in [0.1, 0.15) is 73.1 Å². The summed E-state index contributed by atoms with van der Waals surface area (Å²) in [4.78, 5) is 9.37. The van der Waals surface area contributed by atoms with Crippen molar-refractivity contribution in [3.8, 4) is 0 Å². The predicted octanol–water partition coefficient (Wildman–Crippen LogP) is 3.81. The van der Waals surface area contributed by atoms with E-state index in [1.807, 2.05) is 0 Å². The van der Waals surface area contributed by atoms with E-state index in [1.165, 1.54) is 32.1 Å². The summed E-state index contributed by atoms with van der Waals surface area (Å²) in [5.74, 6) is -0.0978. The van der Waals surface area contributed by atoms with Gasteiger partial charge < -0.3 is 10.8 Å². The molecule has 0 rings (SSSR count). The van der Waals surface area contributed by atoms with Gasteiger partial charge in [-0.3, -0.25) is 4.79 Å². The number of unbranched alkanes of at least 4 members (excludes halogenated alkanes) is 3. The molecule has 0 saturated carbocycles. The number of hydrogen-bond donors (Lipinski definition) is 2. The maximum Gasteiger partial charge on any atom is 0.303 e. The molecule has 0 aliphatic heterocycles. The Morgan fingerprint density at radius 3 is 2.00 bits per heavy atom. The van der Waals surface area contributed by atoms with E-state index in [2.05, 4.69) is 27.7 Å². The number of nitrogens with two attached hydrogens (primary N) is 1. The minimum atomic E-state index is -0.745. The number of carbonyl (C=O) groups is 1. The van der Waals surface area contributed by atoms with Crippen LogP contribution in [0.15, 0.2) is 0 Å². The lowest BCUT2D eigenvalue weighted by Crippen LogP contribution is -2.39. The van der Waals surface area contributed by atoms with E-state index in [0.29, 0.717) is 5.92 Å². The Kier molecular flexibility index (Phi) is 11.7. The highest BCUT2D eigenvalue weighted by Crippen LogP contribution is 2.19. The average molecular weight is 245 g/mol. The Morgan fingerprint density at radius 1 is 1.24 bits per heavy atom. The second kappa shape index (κ2) is 10.6. The van der Waals surface area contributed by atoms with Crippen molar-refractivity contribution in [3.05, 3.63) is 0 Å². The smallest absolute Gasteiger partial charge is 0.303 e. The number of carboxylic acid groups (broad SMARTS) is 1. The molecule has 1 atom stereocenters. The number of carboxylic acids is 1. The van der Waals surface area contributed by atoms with Gasteiger partial charge in [-0.15, -0.1) is 0 Å². The first kappa shape index (κ1) is 18.8. The molecule has 0 heterocycles. The molecular weight excluding hydrogens is 214 g/mol. The van der Waals surface area contributed by atoms with E-state index in [-0.39, 0.29) is 12.0 Å². The van der Waals surface area contributed by atoms with Crippen LogP contribution in [0.25, 0.3) is 0 Å². The van der Waals surface area contributed by atoms with Gasteiger partial charge in [0.1, 0.15) is 0 Å². The molecule has 3 heteroatoms. The number of hydrogen-bond acceptors (Lipinski definition) is 2. The highest BCUT2D eigenvalue weighted by atomic mass is 16.4. The van der Waals surface area contributed by atoms with Gasteiger partial charge in [-0.05, 0) is 26.2 Å². The van der Waals surface area contributed by atoms with Crippen LogP contribution in [0.4, 0.5) is 0 Å². The van der Waals surface area contributed by atoms with Gasteiger partial charge in [0.2, 0.25) is 0 Å². The molecule has 3 N–H and O–H groups in total. The average Bonchev–Trinajstić information content (AvgIpc) is 2.23. The molecule has 0 fully saturated rings. The zero-order chi connectivity index (χ0) is 13.9. The van der Waals surface area contributed by atoms with E-state index in [9.17, 15) is 4.79 Å². The molecule has 104 valence electrons. The zero-order valence-corrected chi connectivity index (χ0v) is 12.3. The van der Waals surface area contributed by atoms with Crippen LogP contribution in [0.5, 0.6) is 0 Å². The molecule has 0 aliphatic carbocycles. The SMILES string of the molecule is CCC(=O)O.CCCCCCC(C)C(C)(C)N. The molecule has 0 aromatic rings. The maximum absolute atomic E-state index is 9.37. The van der Waals surface area contributed by atoms with Crippen LogP contribution in [0.2, 0.25) is 0 Å². The van der Waals surface area contributed by atoms with Crippen LogP contribution < -0.4 is 5.73 Å². The van der Waals surface area contributed by atoms with E-state index in [0.717, 1.165) is 0 Å². The molecule has 3 nitrogen and oxygen atoms in total. The molecule has 0 bridgehead atoms. The molecule has 0 radical (unpaired) electrons. The van der Waals surface area contributed by atoms with Crippen LogP contribution in [-0.4, -0.2) is 16.6 Å². The van der Waals surface area contributed by atoms with Gasteiger partial charge in [-0.1, -0.05) is 46.5 Å². The molecule has 0 saturated heterocycles. The van der Waals surface area contributed by atoms with Crippen molar-refractivity contribution in [3.63, 3.8) is 0 Å². The van der Waals surface area contributed by atoms with Crippen molar-refractivity contribution >= 4 is 5.97 Å². The Morgan fingerprint density at radius 2 is 1.71 bits per heavy atom. The molecular formula is C14H31NO2. The van der Waals surface area contributed by atoms with Gasteiger partial charge in [0, 0.05) is 12.0 Å². The van der Waals surface area contributed by atoms with Gasteiger partial charge in [-0.2, -0.15) is 0 Å². The number of aliphatic carboxylic acids is 1. The second-order valence-electron chi connectivity index (χ2n) is 5.32. The lowest BCUT2D eigenvalue weighted by Gasteiger charge is -2.27. The van der Waals surface area contributed by atoms with Crippen molar-refractivity contribution in [1.82, 2.24) is 0 Å². The van der Waals surface area contributed by atoms with E-state index < -0.39 is 5.97 Å². The zero-order valence-electron chi connectivity index (χ0n) is 12.3. The Balaban J connectivity index is 0. The van der Waals surface area contributed by atoms with E-state index in [1.54, 1.807) is 6.92 Å². The van der Waals surface area contributed by atoms with Crippen LogP contribution in [-0.2, 0) is 4.79 Å². The summed E-state index contributed by atoms with van der Waals surface area (Å²) in [6.07, 6.45) is 6.91. The Bertz CT molecular complexity index is 185. The largest absolute Gasteiger partial charge is 0.481 e. The summed E-state index contributed by atoms with van der Waals surface area (Å²) in [5.41, 5.74) is 6.00. The van der Waals surface area contributed by atoms with Crippen LogP contribution in [0, 0.1) is 5.92 Å². The Hall–Kier alpha value is -0.570. The monoisotopic (exact) mass is 245 g/mol. The second-order valence-corrected chi connectivity index (χ2v) is 5.32. The third-order valence-corrected chi connectivity index (χ3v) is 3.06. The minimum absolute atomic E-state index is 0.00617. The highest BCUT2D eigenvalue weighted by Gasteiger charge is 2.19. The fourth-order valence-corrected chi connectivity index (χ4v) is 1.25. The first-order chi connectivity index (χ1) is 7.75. The molecule has 0 aromatic heterocycles. The van der Waals surface area contributed by atoms with E-state index >= 15 is 0 Å². The normalized spacial score (nSPS) is 12.6. The van der Waals surface area contributed by atoms with Gasteiger partial charge in [0.05, 0.1) is 0 Å². The summed E-state index contributed by atoms with van der Waals surface area (Å²) in [6.45, 7) is 10.3. The third kappa shape index (κ3) is 15.4. The number of rotatable bonds is 7. The topological polar surface area (TPSA) is 63.3 Å². The van der Waals surface area contributed by atoms with Crippen molar-refractivity contribution in [2.45, 2.75) is 78.7 Å². The first-order valence-electron chi connectivity index (χ1n) is 6.76. The first-order valence-corrected chi connectivity index (χ1v) is 6.76. The summed E-state index contributed by atoms with van der Waals surface area (Å²) in [5, 5.41) is 7.72. The molecule has 1 unspecified atom stereocenters. The van der Waals surface area contributed by atoms with Gasteiger partial charge >= 0.3 is 5.97 Å². The fourth-order valence-electron chi connectivity index (χ4n) is 1.25. The summed E-state index contributed by atoms with van der Waals surface area (Å²) < 4.78 is 0. The van der Waals surface area contributed by atoms with Crippen LogP contribution >= 0.6 is 0 Å². The van der Waals surface area contributed by atoms with Gasteiger partial charge in [0.25, 0.3) is 0 Å². The summed E-state index contributed by atoms with van der Waals surface area (Å²) in [6, 6.07) is 0. The highest BCUT2D eigenvalue weighted by molar-refractivity contribution is 5.66. The molecule has 0 amide bonds. The Labute approximate surface area is 107 Å². The standard InChI is InChI=1S/C11H25N.C3H6O2/c1-5-6-7-8-9-10(2)11(3,4)12;1-2-3(4)5/h10H,5-9,12H2,1-4H3;2H2,1H3,(H,4,5). The van der Waals surface area contributed by atoms with Gasteiger partial charge in [-0.25, -0.2) is 0 Å². The molecule has 0 spiro atoms. The van der Waals surface area contributed by atoms with E-state index in [4.69, 9.17) is 10.8 Å². The maximum atomic E-state index is 9.37. The van der Waals surface area contributed by atoms with Crippen LogP contribution in [0.3, 0.4) is 0 Å². The third-order valence-electron chi connectivity index (χ3n) is 3.06. The lowest BCUT2D eigenvalue weighted by atomic mass is 9.86. The summed E-state index contributed by atoms with van der Waals surface area (Å²) >= 11 is 0. The van der Waals surface area contributed by atoms with Gasteiger partial charge in [0.15, 0.2) is 0 Å². The molecule has 17 heavy (non-hydrogen) atoms. The molecule has 0 aromatic carbocycles. The summed E-state index contributed by atoms with van der Waals surface area (Å²) in [7, 11) is 0.